The maximum absolute atomic E-state index is 13.5. The molecule has 0 bridgehead atoms. The Morgan fingerprint density at radius 2 is 2.16 bits per heavy atom. The third-order valence-electron chi connectivity index (χ3n) is 3.14. The Balaban J connectivity index is 2.52. The molecule has 1 heterocycles. The first-order valence-corrected chi connectivity index (χ1v) is 7.21. The van der Waals surface area contributed by atoms with Crippen molar-refractivity contribution in [2.75, 3.05) is 13.1 Å². The highest BCUT2D eigenvalue weighted by Gasteiger charge is 2.36. The number of nitro benzene ring substituents is 1. The highest BCUT2D eigenvalue weighted by atomic mass is 32.2. The zero-order valence-electron chi connectivity index (χ0n) is 10.2. The summed E-state index contributed by atoms with van der Waals surface area (Å²) in [4.78, 5) is 9.28. The normalized spacial score (nSPS) is 20.6. The van der Waals surface area contributed by atoms with Gasteiger partial charge in [-0.15, -0.1) is 0 Å². The first-order chi connectivity index (χ1) is 8.84. The van der Waals surface area contributed by atoms with Crippen molar-refractivity contribution in [1.82, 2.24) is 4.31 Å². The molecule has 6 nitrogen and oxygen atoms in total. The molecule has 104 valence electrons. The molecule has 1 saturated heterocycles. The van der Waals surface area contributed by atoms with Crippen LogP contribution in [0.5, 0.6) is 0 Å². The van der Waals surface area contributed by atoms with Crippen LogP contribution in [0.1, 0.15) is 13.3 Å². The molecule has 0 aliphatic carbocycles. The number of nitrogens with zero attached hydrogens (tertiary/aromatic N) is 2. The minimum absolute atomic E-state index is 0.197. The summed E-state index contributed by atoms with van der Waals surface area (Å²) < 4.78 is 39.3. The first-order valence-electron chi connectivity index (χ1n) is 5.77. The quantitative estimate of drug-likeness (QED) is 0.627. The zero-order chi connectivity index (χ0) is 14.2. The lowest BCUT2D eigenvalue weighted by atomic mass is 10.2. The van der Waals surface area contributed by atoms with Gasteiger partial charge in [-0.2, -0.15) is 8.70 Å². The van der Waals surface area contributed by atoms with Gasteiger partial charge in [-0.1, -0.05) is 13.0 Å². The Labute approximate surface area is 110 Å². The van der Waals surface area contributed by atoms with Crippen LogP contribution in [0.2, 0.25) is 0 Å². The number of hydrogen-bond donors (Lipinski definition) is 0. The van der Waals surface area contributed by atoms with Crippen LogP contribution >= 0.6 is 0 Å². The molecule has 1 fully saturated rings. The molecule has 8 heteroatoms. The summed E-state index contributed by atoms with van der Waals surface area (Å²) in [7, 11) is -4.02. The molecule has 0 amide bonds. The minimum atomic E-state index is -4.02. The third-order valence-corrected chi connectivity index (χ3v) is 5.03. The fourth-order valence-electron chi connectivity index (χ4n) is 2.13. The number of para-hydroxylation sites is 1. The van der Waals surface area contributed by atoms with Crippen LogP contribution in [-0.4, -0.2) is 30.7 Å². The summed E-state index contributed by atoms with van der Waals surface area (Å²) in [6.45, 7) is 2.50. The van der Waals surface area contributed by atoms with Crippen molar-refractivity contribution < 1.29 is 17.7 Å². The molecule has 1 aromatic carbocycles. The van der Waals surface area contributed by atoms with E-state index in [2.05, 4.69) is 0 Å². The molecule has 19 heavy (non-hydrogen) atoms. The second-order valence-corrected chi connectivity index (χ2v) is 6.51. The van der Waals surface area contributed by atoms with Gasteiger partial charge in [0.1, 0.15) is 0 Å². The van der Waals surface area contributed by atoms with Gasteiger partial charge in [0, 0.05) is 13.1 Å². The Bertz CT molecular complexity index is 617. The van der Waals surface area contributed by atoms with Crippen molar-refractivity contribution in [3.05, 3.63) is 34.1 Å². The standard InChI is InChI=1S/C11H13FN2O4S/c1-8-5-6-13(7-8)19(17,18)10-4-2-3-9(12)11(10)14(15)16/h2-4,8H,5-7H2,1H3. The van der Waals surface area contributed by atoms with Gasteiger partial charge in [0.15, 0.2) is 4.90 Å². The van der Waals surface area contributed by atoms with Crippen LogP contribution in [0, 0.1) is 21.8 Å². The Morgan fingerprint density at radius 1 is 1.47 bits per heavy atom. The third kappa shape index (κ3) is 2.45. The van der Waals surface area contributed by atoms with Gasteiger partial charge in [-0.05, 0) is 24.5 Å². The van der Waals surface area contributed by atoms with E-state index in [0.717, 1.165) is 18.2 Å². The average molecular weight is 288 g/mol. The molecule has 0 saturated carbocycles. The highest BCUT2D eigenvalue weighted by Crippen LogP contribution is 2.31. The Hall–Kier alpha value is -1.54. The van der Waals surface area contributed by atoms with E-state index in [1.807, 2.05) is 6.92 Å². The molecule has 0 N–H and O–H groups in total. The molecule has 1 atom stereocenters. The van der Waals surface area contributed by atoms with Gasteiger partial charge in [0.05, 0.1) is 4.92 Å². The zero-order valence-corrected chi connectivity index (χ0v) is 11.1. The first kappa shape index (κ1) is 13.9. The molecular formula is C11H13FN2O4S. The van der Waals surface area contributed by atoms with Crippen LogP contribution < -0.4 is 0 Å². The summed E-state index contributed by atoms with van der Waals surface area (Å²) in [6.07, 6.45) is 0.697. The number of hydrogen-bond acceptors (Lipinski definition) is 4. The number of nitro groups is 1. The van der Waals surface area contributed by atoms with Crippen molar-refractivity contribution in [1.29, 1.82) is 0 Å². The van der Waals surface area contributed by atoms with E-state index < -0.39 is 31.3 Å². The van der Waals surface area contributed by atoms with Crippen LogP contribution in [0.25, 0.3) is 0 Å². The molecule has 1 unspecified atom stereocenters. The van der Waals surface area contributed by atoms with E-state index in [9.17, 15) is 22.9 Å². The van der Waals surface area contributed by atoms with Crippen molar-refractivity contribution in [2.24, 2.45) is 5.92 Å². The van der Waals surface area contributed by atoms with Gasteiger partial charge in [-0.25, -0.2) is 8.42 Å². The van der Waals surface area contributed by atoms with Gasteiger partial charge in [0.2, 0.25) is 15.8 Å². The predicted octanol–water partition coefficient (Wildman–Crippen LogP) is 1.76. The van der Waals surface area contributed by atoms with Crippen molar-refractivity contribution in [3.63, 3.8) is 0 Å². The molecule has 2 rings (SSSR count). The lowest BCUT2D eigenvalue weighted by molar-refractivity contribution is -0.390. The highest BCUT2D eigenvalue weighted by molar-refractivity contribution is 7.89. The number of benzene rings is 1. The lowest BCUT2D eigenvalue weighted by Crippen LogP contribution is -2.29. The smallest absolute Gasteiger partial charge is 0.258 e. The van der Waals surface area contributed by atoms with E-state index in [-0.39, 0.29) is 5.92 Å². The van der Waals surface area contributed by atoms with Crippen molar-refractivity contribution in [3.8, 4) is 0 Å². The summed E-state index contributed by atoms with van der Waals surface area (Å²) in [5.41, 5.74) is -0.984. The van der Waals surface area contributed by atoms with Crippen molar-refractivity contribution in [2.45, 2.75) is 18.2 Å². The summed E-state index contributed by atoms with van der Waals surface area (Å²) in [6, 6.07) is 3.11. The van der Waals surface area contributed by atoms with E-state index in [0.29, 0.717) is 19.5 Å². The molecule has 0 radical (unpaired) electrons. The minimum Gasteiger partial charge on any atom is -0.258 e. The van der Waals surface area contributed by atoms with Gasteiger partial charge < -0.3 is 0 Å². The largest absolute Gasteiger partial charge is 0.324 e. The lowest BCUT2D eigenvalue weighted by Gasteiger charge is -2.16. The Kier molecular flexibility index (Phi) is 3.55. The molecule has 1 aromatic rings. The topological polar surface area (TPSA) is 80.5 Å². The second-order valence-electron chi connectivity index (χ2n) is 4.60. The average Bonchev–Trinajstić information content (AvgIpc) is 2.75. The molecule has 1 aliphatic heterocycles. The van der Waals surface area contributed by atoms with Gasteiger partial charge in [-0.3, -0.25) is 10.1 Å². The Morgan fingerprint density at radius 3 is 2.68 bits per heavy atom. The fraction of sp³-hybridized carbons (Fsp3) is 0.455. The van der Waals surface area contributed by atoms with Gasteiger partial charge in [0.25, 0.3) is 0 Å². The number of rotatable bonds is 3. The van der Waals surface area contributed by atoms with E-state index in [1.54, 1.807) is 0 Å². The van der Waals surface area contributed by atoms with Crippen LogP contribution in [0.15, 0.2) is 23.1 Å². The molecular weight excluding hydrogens is 275 g/mol. The maximum atomic E-state index is 13.5. The van der Waals surface area contributed by atoms with Crippen molar-refractivity contribution >= 4 is 15.7 Å². The monoisotopic (exact) mass is 288 g/mol. The maximum Gasteiger partial charge on any atom is 0.324 e. The van der Waals surface area contributed by atoms with E-state index in [4.69, 9.17) is 0 Å². The molecule has 0 aromatic heterocycles. The fourth-order valence-corrected chi connectivity index (χ4v) is 3.87. The van der Waals surface area contributed by atoms with Crippen LogP contribution in [0.4, 0.5) is 10.1 Å². The number of halogens is 1. The summed E-state index contributed by atoms with van der Waals surface area (Å²) in [5, 5.41) is 10.9. The number of sulfonamides is 1. The molecule has 0 spiro atoms. The summed E-state index contributed by atoms with van der Waals surface area (Å²) in [5.74, 6) is -0.944. The van der Waals surface area contributed by atoms with Crippen LogP contribution in [0.3, 0.4) is 0 Å². The van der Waals surface area contributed by atoms with E-state index >= 15 is 0 Å². The predicted molar refractivity (Wildman–Crippen MR) is 65.6 cm³/mol. The second kappa shape index (κ2) is 4.86. The molecule has 1 aliphatic rings. The summed E-state index contributed by atoms with van der Waals surface area (Å²) >= 11 is 0. The SMILES string of the molecule is CC1CCN(S(=O)(=O)c2cccc(F)c2[N+](=O)[O-])C1. The van der Waals surface area contributed by atoms with Gasteiger partial charge >= 0.3 is 5.69 Å². The van der Waals surface area contributed by atoms with Crippen LogP contribution in [-0.2, 0) is 10.0 Å². The van der Waals surface area contributed by atoms with E-state index in [1.165, 1.54) is 4.31 Å².